The molecule has 0 amide bonds. The van der Waals surface area contributed by atoms with Gasteiger partial charge in [-0.15, -0.1) is 0 Å². The number of methoxy groups -OCH3 is 1. The van der Waals surface area contributed by atoms with Crippen LogP contribution >= 0.6 is 0 Å². The van der Waals surface area contributed by atoms with Crippen molar-refractivity contribution >= 4 is 0 Å². The monoisotopic (exact) mass is 439 g/mol. The van der Waals surface area contributed by atoms with E-state index in [2.05, 4.69) is 55.4 Å². The van der Waals surface area contributed by atoms with Crippen molar-refractivity contribution in [2.24, 2.45) is 0 Å². The first-order chi connectivity index (χ1) is 16.2. The maximum atomic E-state index is 5.49. The van der Waals surface area contributed by atoms with Gasteiger partial charge in [0, 0.05) is 49.8 Å². The molecule has 1 fully saturated rings. The fourth-order valence-electron chi connectivity index (χ4n) is 4.48. The topological polar surface area (TPSA) is 66.9 Å². The molecule has 0 spiro atoms. The van der Waals surface area contributed by atoms with Gasteiger partial charge >= 0.3 is 0 Å². The molecule has 5 rings (SSSR count). The van der Waals surface area contributed by atoms with Crippen LogP contribution in [0.3, 0.4) is 0 Å². The molecule has 1 aromatic carbocycles. The molecule has 0 saturated carbocycles. The Morgan fingerprint density at radius 3 is 2.58 bits per heavy atom. The van der Waals surface area contributed by atoms with Crippen LogP contribution in [0.5, 0.6) is 0 Å². The van der Waals surface area contributed by atoms with Crippen molar-refractivity contribution < 1.29 is 4.74 Å². The predicted molar refractivity (Wildman–Crippen MR) is 131 cm³/mol. The van der Waals surface area contributed by atoms with Gasteiger partial charge in [0.15, 0.2) is 0 Å². The fraction of sp³-hybridized carbons (Fsp3) is 0.296. The van der Waals surface area contributed by atoms with E-state index in [-0.39, 0.29) is 0 Å². The van der Waals surface area contributed by atoms with Gasteiger partial charge in [-0.25, -0.2) is 0 Å². The van der Waals surface area contributed by atoms with E-state index < -0.39 is 0 Å². The second-order valence-electron chi connectivity index (χ2n) is 8.66. The van der Waals surface area contributed by atoms with Crippen LogP contribution in [0.1, 0.15) is 24.1 Å². The van der Waals surface area contributed by atoms with Crippen LogP contribution in [0, 0.1) is 6.92 Å². The summed E-state index contributed by atoms with van der Waals surface area (Å²) in [5.41, 5.74) is 8.26. The van der Waals surface area contributed by atoms with Crippen LogP contribution in [0.4, 0.5) is 0 Å². The summed E-state index contributed by atoms with van der Waals surface area (Å²) in [6, 6.07) is 18.9. The summed E-state index contributed by atoms with van der Waals surface area (Å²) in [5, 5.41) is 7.40. The van der Waals surface area contributed by atoms with Crippen LogP contribution in [-0.2, 0) is 11.3 Å². The first-order valence-corrected chi connectivity index (χ1v) is 11.5. The zero-order valence-corrected chi connectivity index (χ0v) is 19.2. The quantitative estimate of drug-likeness (QED) is 0.452. The van der Waals surface area contributed by atoms with E-state index in [0.717, 1.165) is 71.9 Å². The number of aryl methyl sites for hydroxylation is 1. The van der Waals surface area contributed by atoms with Gasteiger partial charge in [0.25, 0.3) is 0 Å². The minimum Gasteiger partial charge on any atom is -0.381 e. The number of H-pyrrole nitrogens is 1. The lowest BCUT2D eigenvalue weighted by Crippen LogP contribution is -2.36. The van der Waals surface area contributed by atoms with Crippen molar-refractivity contribution in [3.05, 3.63) is 78.2 Å². The SMILES string of the molecule is COC1CCN(Cc2ccc(-c3cc(-c4cn[nH]c4-c4cccc(C)n4)ccn3)cc2)CC1. The molecule has 1 aliphatic heterocycles. The lowest BCUT2D eigenvalue weighted by Gasteiger charge is -2.31. The molecule has 0 unspecified atom stereocenters. The Morgan fingerprint density at radius 2 is 1.82 bits per heavy atom. The predicted octanol–water partition coefficient (Wildman–Crippen LogP) is 5.12. The first-order valence-electron chi connectivity index (χ1n) is 11.5. The van der Waals surface area contributed by atoms with Crippen molar-refractivity contribution in [3.63, 3.8) is 0 Å². The molecule has 0 bridgehead atoms. The Morgan fingerprint density at radius 1 is 1.00 bits per heavy atom. The largest absolute Gasteiger partial charge is 0.381 e. The summed E-state index contributed by atoms with van der Waals surface area (Å²) in [7, 11) is 1.81. The van der Waals surface area contributed by atoms with E-state index in [1.165, 1.54) is 5.56 Å². The molecule has 0 radical (unpaired) electrons. The van der Waals surface area contributed by atoms with E-state index in [0.29, 0.717) is 6.10 Å². The zero-order chi connectivity index (χ0) is 22.6. The number of pyridine rings is 2. The highest BCUT2D eigenvalue weighted by molar-refractivity contribution is 5.80. The maximum Gasteiger partial charge on any atom is 0.0912 e. The fourth-order valence-corrected chi connectivity index (χ4v) is 4.48. The van der Waals surface area contributed by atoms with Crippen LogP contribution in [0.15, 0.2) is 67.0 Å². The normalized spacial score (nSPS) is 15.1. The van der Waals surface area contributed by atoms with Gasteiger partial charge in [-0.3, -0.25) is 20.0 Å². The standard InChI is InChI=1S/C27H29N5O/c1-19-4-3-5-25(30-19)27-24(17-29-31-27)22-10-13-28-26(16-22)21-8-6-20(7-9-21)18-32-14-11-23(33-2)12-15-32/h3-10,13,16-17,23H,11-12,14-15,18H2,1-2H3,(H,29,31). The number of aromatic nitrogens is 4. The molecule has 6 nitrogen and oxygen atoms in total. The van der Waals surface area contributed by atoms with Crippen molar-refractivity contribution in [1.82, 2.24) is 25.1 Å². The Kier molecular flexibility index (Phi) is 6.28. The summed E-state index contributed by atoms with van der Waals surface area (Å²) in [5.74, 6) is 0. The molecule has 6 heteroatoms. The second kappa shape index (κ2) is 9.65. The van der Waals surface area contributed by atoms with Gasteiger partial charge in [-0.1, -0.05) is 30.3 Å². The Balaban J connectivity index is 1.34. The van der Waals surface area contributed by atoms with Crippen LogP contribution in [-0.4, -0.2) is 51.4 Å². The summed E-state index contributed by atoms with van der Waals surface area (Å²) >= 11 is 0. The molecule has 1 aliphatic rings. The molecule has 3 aromatic heterocycles. The highest BCUT2D eigenvalue weighted by Crippen LogP contribution is 2.31. The molecule has 0 atom stereocenters. The third-order valence-electron chi connectivity index (χ3n) is 6.38. The van der Waals surface area contributed by atoms with Crippen molar-refractivity contribution in [1.29, 1.82) is 0 Å². The second-order valence-corrected chi connectivity index (χ2v) is 8.66. The molecular formula is C27H29N5O. The van der Waals surface area contributed by atoms with E-state index >= 15 is 0 Å². The smallest absolute Gasteiger partial charge is 0.0912 e. The number of aromatic amines is 1. The van der Waals surface area contributed by atoms with Crippen LogP contribution in [0.2, 0.25) is 0 Å². The first kappa shape index (κ1) is 21.5. The lowest BCUT2D eigenvalue weighted by atomic mass is 10.0. The van der Waals surface area contributed by atoms with E-state index in [1.807, 2.05) is 50.7 Å². The summed E-state index contributed by atoms with van der Waals surface area (Å²) in [6.45, 7) is 5.15. The summed E-state index contributed by atoms with van der Waals surface area (Å²) in [4.78, 5) is 11.8. The number of piperidine rings is 1. The van der Waals surface area contributed by atoms with Gasteiger partial charge in [0.1, 0.15) is 0 Å². The third kappa shape index (κ3) is 4.87. The van der Waals surface area contributed by atoms with E-state index in [1.54, 1.807) is 0 Å². The van der Waals surface area contributed by atoms with E-state index in [9.17, 15) is 0 Å². The van der Waals surface area contributed by atoms with Gasteiger partial charge in [-0.2, -0.15) is 5.10 Å². The molecule has 1 saturated heterocycles. The van der Waals surface area contributed by atoms with Crippen LogP contribution < -0.4 is 0 Å². The number of likely N-dealkylation sites (tertiary alicyclic amines) is 1. The number of nitrogens with zero attached hydrogens (tertiary/aromatic N) is 4. The number of hydrogen-bond acceptors (Lipinski definition) is 5. The Labute approximate surface area is 194 Å². The van der Waals surface area contributed by atoms with Crippen molar-refractivity contribution in [3.8, 4) is 33.8 Å². The maximum absolute atomic E-state index is 5.49. The van der Waals surface area contributed by atoms with Gasteiger partial charge in [0.05, 0.1) is 29.4 Å². The Bertz CT molecular complexity index is 1210. The van der Waals surface area contributed by atoms with Gasteiger partial charge < -0.3 is 4.74 Å². The minimum absolute atomic E-state index is 0.416. The van der Waals surface area contributed by atoms with Crippen molar-refractivity contribution in [2.75, 3.05) is 20.2 Å². The Hall–Kier alpha value is -3.35. The minimum atomic E-state index is 0.416. The van der Waals surface area contributed by atoms with Gasteiger partial charge in [-0.05, 0) is 55.2 Å². The number of nitrogens with one attached hydrogen (secondary N) is 1. The lowest BCUT2D eigenvalue weighted by molar-refractivity contribution is 0.0389. The average molecular weight is 440 g/mol. The van der Waals surface area contributed by atoms with E-state index in [4.69, 9.17) is 4.74 Å². The molecule has 0 aliphatic carbocycles. The average Bonchev–Trinajstić information content (AvgIpc) is 3.35. The van der Waals surface area contributed by atoms with Crippen molar-refractivity contribution in [2.45, 2.75) is 32.4 Å². The molecule has 4 heterocycles. The van der Waals surface area contributed by atoms with Gasteiger partial charge in [0.2, 0.25) is 0 Å². The highest BCUT2D eigenvalue weighted by atomic mass is 16.5. The molecule has 1 N–H and O–H groups in total. The molecule has 33 heavy (non-hydrogen) atoms. The number of rotatable bonds is 6. The number of ether oxygens (including phenoxy) is 1. The highest BCUT2D eigenvalue weighted by Gasteiger charge is 2.18. The summed E-state index contributed by atoms with van der Waals surface area (Å²) in [6.07, 6.45) is 6.35. The third-order valence-corrected chi connectivity index (χ3v) is 6.38. The molecule has 168 valence electrons. The number of benzene rings is 1. The molecular weight excluding hydrogens is 410 g/mol. The number of hydrogen-bond donors (Lipinski definition) is 1. The summed E-state index contributed by atoms with van der Waals surface area (Å²) < 4.78 is 5.49. The van der Waals surface area contributed by atoms with Crippen LogP contribution in [0.25, 0.3) is 33.8 Å². The zero-order valence-electron chi connectivity index (χ0n) is 19.2. The molecule has 4 aromatic rings.